The van der Waals surface area contributed by atoms with Crippen LogP contribution < -0.4 is 5.32 Å². The van der Waals surface area contributed by atoms with Crippen LogP contribution in [-0.4, -0.2) is 16.7 Å². The molecule has 2 rings (SSSR count). The van der Waals surface area contributed by atoms with Crippen molar-refractivity contribution < 1.29 is 4.74 Å². The molecule has 1 aromatic carbocycles. The maximum absolute atomic E-state index is 5.17. The number of methoxy groups -OCH3 is 1. The van der Waals surface area contributed by atoms with Gasteiger partial charge in [0.05, 0.1) is 25.2 Å². The predicted octanol–water partition coefficient (Wildman–Crippen LogP) is 2.18. The molecular weight excluding hydrogens is 214 g/mol. The van der Waals surface area contributed by atoms with E-state index in [9.17, 15) is 0 Å². The fourth-order valence-corrected chi connectivity index (χ4v) is 1.71. The number of ether oxygens (including phenoxy) is 1. The molecule has 0 aliphatic carbocycles. The maximum Gasteiger partial charge on any atom is 0.0946 e. The number of anilines is 1. The van der Waals surface area contributed by atoms with Gasteiger partial charge in [-0.25, -0.2) is 4.98 Å². The van der Waals surface area contributed by atoms with E-state index < -0.39 is 0 Å². The van der Waals surface area contributed by atoms with Crippen LogP contribution in [0.4, 0.5) is 5.69 Å². The molecule has 0 unspecified atom stereocenters. The van der Waals surface area contributed by atoms with E-state index in [2.05, 4.69) is 22.4 Å². The number of benzene rings is 1. The summed E-state index contributed by atoms with van der Waals surface area (Å²) in [5.74, 6) is 0. The summed E-state index contributed by atoms with van der Waals surface area (Å²) in [6.45, 7) is 1.38. The molecule has 0 bridgehead atoms. The third-order valence-electron chi connectivity index (χ3n) is 2.69. The number of para-hydroxylation sites is 1. The lowest BCUT2D eigenvalue weighted by atomic mass is 10.2. The molecule has 1 heterocycles. The molecule has 0 aliphatic heterocycles. The van der Waals surface area contributed by atoms with Gasteiger partial charge in [0.25, 0.3) is 0 Å². The van der Waals surface area contributed by atoms with Gasteiger partial charge in [-0.2, -0.15) is 0 Å². The van der Waals surface area contributed by atoms with Crippen molar-refractivity contribution in [1.29, 1.82) is 0 Å². The smallest absolute Gasteiger partial charge is 0.0946 e. The van der Waals surface area contributed by atoms with Crippen molar-refractivity contribution in [2.75, 3.05) is 12.4 Å². The van der Waals surface area contributed by atoms with Crippen molar-refractivity contribution in [3.8, 4) is 0 Å². The van der Waals surface area contributed by atoms with Gasteiger partial charge in [0.2, 0.25) is 0 Å². The summed E-state index contributed by atoms with van der Waals surface area (Å²) in [5.41, 5.74) is 3.42. The largest absolute Gasteiger partial charge is 0.380 e. The highest BCUT2D eigenvalue weighted by Gasteiger charge is 2.02. The lowest BCUT2D eigenvalue weighted by Gasteiger charge is -2.11. The van der Waals surface area contributed by atoms with Crippen LogP contribution in [0.25, 0.3) is 0 Å². The van der Waals surface area contributed by atoms with Crippen LogP contribution in [0.1, 0.15) is 11.3 Å². The number of nitrogens with zero attached hydrogens (tertiary/aromatic N) is 2. The average Bonchev–Trinajstić information content (AvgIpc) is 2.74. The molecule has 4 heteroatoms. The van der Waals surface area contributed by atoms with Gasteiger partial charge in [-0.05, 0) is 6.07 Å². The highest BCUT2D eigenvalue weighted by atomic mass is 16.5. The van der Waals surface area contributed by atoms with Gasteiger partial charge in [-0.15, -0.1) is 0 Å². The first-order chi connectivity index (χ1) is 8.31. The number of hydrogen-bond donors (Lipinski definition) is 1. The van der Waals surface area contributed by atoms with E-state index in [0.29, 0.717) is 6.61 Å². The van der Waals surface area contributed by atoms with Crippen molar-refractivity contribution in [1.82, 2.24) is 9.55 Å². The van der Waals surface area contributed by atoms with Gasteiger partial charge in [-0.3, -0.25) is 0 Å². The van der Waals surface area contributed by atoms with Gasteiger partial charge in [-0.1, -0.05) is 18.2 Å². The molecule has 0 spiro atoms. The Balaban J connectivity index is 2.06. The zero-order valence-corrected chi connectivity index (χ0v) is 10.2. The highest BCUT2D eigenvalue weighted by molar-refractivity contribution is 5.50. The molecular formula is C13H17N3O. The van der Waals surface area contributed by atoms with E-state index in [1.165, 1.54) is 0 Å². The fourth-order valence-electron chi connectivity index (χ4n) is 1.71. The highest BCUT2D eigenvalue weighted by Crippen LogP contribution is 2.16. The summed E-state index contributed by atoms with van der Waals surface area (Å²) in [5, 5.41) is 3.40. The first-order valence-corrected chi connectivity index (χ1v) is 5.57. The molecule has 0 aliphatic rings. The van der Waals surface area contributed by atoms with Crippen LogP contribution in [0.3, 0.4) is 0 Å². The summed E-state index contributed by atoms with van der Waals surface area (Å²) in [6, 6.07) is 8.16. The van der Waals surface area contributed by atoms with Crippen molar-refractivity contribution >= 4 is 5.69 Å². The average molecular weight is 231 g/mol. The van der Waals surface area contributed by atoms with Crippen molar-refractivity contribution in [3.63, 3.8) is 0 Å². The monoisotopic (exact) mass is 231 g/mol. The molecule has 90 valence electrons. The Morgan fingerprint density at radius 3 is 2.88 bits per heavy atom. The molecule has 0 radical (unpaired) electrons. The number of nitrogens with one attached hydrogen (secondary N) is 1. The van der Waals surface area contributed by atoms with Crippen LogP contribution in [0, 0.1) is 0 Å². The SMILES string of the molecule is COCc1ccccc1NCc1cncn1C. The standard InChI is InChI=1S/C13H17N3O/c1-16-10-14-7-12(16)8-15-13-6-4-3-5-11(13)9-17-2/h3-7,10,15H,8-9H2,1-2H3. The lowest BCUT2D eigenvalue weighted by molar-refractivity contribution is 0.185. The Hall–Kier alpha value is -1.81. The van der Waals surface area contributed by atoms with E-state index in [4.69, 9.17) is 4.74 Å². The van der Waals surface area contributed by atoms with Crippen LogP contribution >= 0.6 is 0 Å². The normalized spacial score (nSPS) is 10.5. The molecule has 0 atom stereocenters. The number of hydrogen-bond acceptors (Lipinski definition) is 3. The quantitative estimate of drug-likeness (QED) is 0.857. The Labute approximate surface area is 101 Å². The number of aryl methyl sites for hydroxylation is 1. The predicted molar refractivity (Wildman–Crippen MR) is 67.7 cm³/mol. The summed E-state index contributed by atoms with van der Waals surface area (Å²) in [4.78, 5) is 4.09. The van der Waals surface area contributed by atoms with E-state index in [0.717, 1.165) is 23.5 Å². The van der Waals surface area contributed by atoms with Crippen molar-refractivity contribution in [2.24, 2.45) is 7.05 Å². The van der Waals surface area contributed by atoms with E-state index in [1.54, 1.807) is 13.4 Å². The van der Waals surface area contributed by atoms with Crippen LogP contribution in [0.5, 0.6) is 0 Å². The minimum atomic E-state index is 0.620. The van der Waals surface area contributed by atoms with Crippen molar-refractivity contribution in [3.05, 3.63) is 48.0 Å². The molecule has 17 heavy (non-hydrogen) atoms. The van der Waals surface area contributed by atoms with E-state index in [1.807, 2.05) is 29.9 Å². The van der Waals surface area contributed by atoms with Gasteiger partial charge in [0.1, 0.15) is 0 Å². The Kier molecular flexibility index (Phi) is 3.77. The zero-order valence-electron chi connectivity index (χ0n) is 10.2. The van der Waals surface area contributed by atoms with Crippen LogP contribution in [0.2, 0.25) is 0 Å². The summed E-state index contributed by atoms with van der Waals surface area (Å²) < 4.78 is 7.18. The maximum atomic E-state index is 5.17. The van der Waals surface area contributed by atoms with Gasteiger partial charge >= 0.3 is 0 Å². The first kappa shape index (κ1) is 11.7. The molecule has 1 N–H and O–H groups in total. The third-order valence-corrected chi connectivity index (χ3v) is 2.69. The minimum absolute atomic E-state index is 0.620. The van der Waals surface area contributed by atoms with Gasteiger partial charge in [0, 0.05) is 31.6 Å². The van der Waals surface area contributed by atoms with Crippen LogP contribution in [-0.2, 0) is 24.9 Å². The lowest BCUT2D eigenvalue weighted by Crippen LogP contribution is -2.06. The van der Waals surface area contributed by atoms with Crippen molar-refractivity contribution in [2.45, 2.75) is 13.2 Å². The molecule has 2 aromatic rings. The fraction of sp³-hybridized carbons (Fsp3) is 0.308. The summed E-state index contributed by atoms with van der Waals surface area (Å²) in [7, 11) is 3.70. The van der Waals surface area contributed by atoms with E-state index >= 15 is 0 Å². The van der Waals surface area contributed by atoms with Crippen LogP contribution in [0.15, 0.2) is 36.8 Å². The minimum Gasteiger partial charge on any atom is -0.380 e. The molecule has 0 amide bonds. The number of rotatable bonds is 5. The summed E-state index contributed by atoms with van der Waals surface area (Å²) >= 11 is 0. The number of aromatic nitrogens is 2. The third kappa shape index (κ3) is 2.85. The second-order valence-electron chi connectivity index (χ2n) is 3.94. The molecule has 4 nitrogen and oxygen atoms in total. The number of imidazole rings is 1. The first-order valence-electron chi connectivity index (χ1n) is 5.57. The van der Waals surface area contributed by atoms with E-state index in [-0.39, 0.29) is 0 Å². The summed E-state index contributed by atoms with van der Waals surface area (Å²) in [6.07, 6.45) is 3.67. The molecule has 1 aromatic heterocycles. The molecule has 0 fully saturated rings. The topological polar surface area (TPSA) is 39.1 Å². The van der Waals surface area contributed by atoms with Gasteiger partial charge in [0.15, 0.2) is 0 Å². The second-order valence-corrected chi connectivity index (χ2v) is 3.94. The Bertz CT molecular complexity index is 479. The zero-order chi connectivity index (χ0) is 12.1. The molecule has 0 saturated carbocycles. The molecule has 0 saturated heterocycles. The Morgan fingerprint density at radius 2 is 2.18 bits per heavy atom. The Morgan fingerprint density at radius 1 is 1.35 bits per heavy atom. The van der Waals surface area contributed by atoms with Gasteiger partial charge < -0.3 is 14.6 Å². The second kappa shape index (κ2) is 5.50.